The number of carbonyl (C=O) groups excluding carboxylic acids is 3. The summed E-state index contributed by atoms with van der Waals surface area (Å²) >= 11 is 0. The molecule has 5 nitrogen and oxygen atoms in total. The van der Waals surface area contributed by atoms with Crippen molar-refractivity contribution in [3.8, 4) is 0 Å². The molecule has 0 aromatic heterocycles. The summed E-state index contributed by atoms with van der Waals surface area (Å²) in [7, 11) is 0. The van der Waals surface area contributed by atoms with Crippen molar-refractivity contribution >= 4 is 17.6 Å². The third kappa shape index (κ3) is 2.54. The predicted molar refractivity (Wildman–Crippen MR) is 69.6 cm³/mol. The maximum atomic E-state index is 12.4. The van der Waals surface area contributed by atoms with Gasteiger partial charge in [-0.3, -0.25) is 9.59 Å². The molecule has 0 fully saturated rings. The molecular formula is C14H14N2O3. The van der Waals surface area contributed by atoms with Gasteiger partial charge >= 0.3 is 6.03 Å². The lowest BCUT2D eigenvalue weighted by atomic mass is 9.92. The third-order valence-electron chi connectivity index (χ3n) is 2.97. The lowest BCUT2D eigenvalue weighted by Gasteiger charge is -2.26. The van der Waals surface area contributed by atoms with Gasteiger partial charge in [-0.2, -0.15) is 0 Å². The van der Waals surface area contributed by atoms with Crippen LogP contribution in [0.25, 0.3) is 0 Å². The summed E-state index contributed by atoms with van der Waals surface area (Å²) in [6.07, 6.45) is 0. The molecule has 2 N–H and O–H groups in total. The standard InChI is InChI=1S/C14H14N2O3/c1-8-11(9(2)17)12(16-14(19)15-8)13(18)10-6-4-3-5-7-10/h3-7,12H,1-2H3,(H2,15,16,19). The quantitative estimate of drug-likeness (QED) is 0.805. The van der Waals surface area contributed by atoms with E-state index in [0.717, 1.165) is 0 Å². The molecule has 5 heteroatoms. The fourth-order valence-electron chi connectivity index (χ4n) is 2.13. The molecule has 19 heavy (non-hydrogen) atoms. The van der Waals surface area contributed by atoms with Crippen molar-refractivity contribution in [2.24, 2.45) is 0 Å². The molecule has 1 aliphatic heterocycles. The van der Waals surface area contributed by atoms with Crippen LogP contribution in [0.3, 0.4) is 0 Å². The lowest BCUT2D eigenvalue weighted by molar-refractivity contribution is -0.113. The van der Waals surface area contributed by atoms with E-state index in [1.54, 1.807) is 37.3 Å². The van der Waals surface area contributed by atoms with Gasteiger partial charge in [-0.1, -0.05) is 30.3 Å². The van der Waals surface area contributed by atoms with Gasteiger partial charge < -0.3 is 10.6 Å². The Morgan fingerprint density at radius 3 is 2.37 bits per heavy atom. The number of amides is 2. The van der Waals surface area contributed by atoms with Crippen molar-refractivity contribution in [1.29, 1.82) is 0 Å². The first kappa shape index (κ1) is 13.0. The fraction of sp³-hybridized carbons (Fsp3) is 0.214. The normalized spacial score (nSPS) is 18.6. The number of nitrogens with one attached hydrogen (secondary N) is 2. The van der Waals surface area contributed by atoms with Gasteiger partial charge in [0.05, 0.1) is 0 Å². The van der Waals surface area contributed by atoms with Crippen LogP contribution in [0.1, 0.15) is 24.2 Å². The van der Waals surface area contributed by atoms with Gasteiger partial charge in [0.1, 0.15) is 6.04 Å². The minimum absolute atomic E-state index is 0.237. The Kier molecular flexibility index (Phi) is 3.46. The number of hydrogen-bond donors (Lipinski definition) is 2. The molecule has 2 rings (SSSR count). The Labute approximate surface area is 110 Å². The molecule has 0 bridgehead atoms. The van der Waals surface area contributed by atoms with Crippen LogP contribution in [0.15, 0.2) is 41.6 Å². The van der Waals surface area contributed by atoms with E-state index in [1.165, 1.54) is 6.92 Å². The van der Waals surface area contributed by atoms with Crippen molar-refractivity contribution in [1.82, 2.24) is 10.6 Å². The number of carbonyl (C=O) groups is 3. The summed E-state index contributed by atoms with van der Waals surface area (Å²) in [5.41, 5.74) is 1.18. The van der Waals surface area contributed by atoms with E-state index in [0.29, 0.717) is 16.8 Å². The maximum Gasteiger partial charge on any atom is 0.319 e. The zero-order valence-electron chi connectivity index (χ0n) is 10.7. The highest BCUT2D eigenvalue weighted by atomic mass is 16.2. The lowest BCUT2D eigenvalue weighted by Crippen LogP contribution is -2.52. The van der Waals surface area contributed by atoms with Gasteiger partial charge in [0.15, 0.2) is 11.6 Å². The second-order valence-electron chi connectivity index (χ2n) is 4.36. The van der Waals surface area contributed by atoms with E-state index in [1.807, 2.05) is 0 Å². The number of ketones is 2. The van der Waals surface area contributed by atoms with Crippen LogP contribution in [-0.4, -0.2) is 23.6 Å². The molecule has 0 radical (unpaired) electrons. The number of urea groups is 1. The first-order valence-electron chi connectivity index (χ1n) is 5.89. The molecule has 1 aromatic carbocycles. The topological polar surface area (TPSA) is 75.3 Å². The van der Waals surface area contributed by atoms with Crippen LogP contribution in [0, 0.1) is 0 Å². The van der Waals surface area contributed by atoms with Crippen LogP contribution in [-0.2, 0) is 4.79 Å². The Bertz CT molecular complexity index is 576. The molecule has 0 aliphatic carbocycles. The third-order valence-corrected chi connectivity index (χ3v) is 2.97. The number of Topliss-reactive ketones (excluding diaryl/α,β-unsaturated/α-hetero) is 2. The summed E-state index contributed by atoms with van der Waals surface area (Å²) in [5.74, 6) is -0.528. The van der Waals surface area contributed by atoms with Crippen LogP contribution in [0.4, 0.5) is 4.79 Å². The van der Waals surface area contributed by atoms with Crippen LogP contribution < -0.4 is 10.6 Å². The average Bonchev–Trinajstić information content (AvgIpc) is 2.37. The monoisotopic (exact) mass is 258 g/mol. The second-order valence-corrected chi connectivity index (χ2v) is 4.36. The molecule has 98 valence electrons. The summed E-state index contributed by atoms with van der Waals surface area (Å²) in [5, 5.41) is 5.00. The van der Waals surface area contributed by atoms with E-state index in [9.17, 15) is 14.4 Å². The molecular weight excluding hydrogens is 244 g/mol. The molecule has 1 aromatic rings. The Hall–Kier alpha value is -2.43. The minimum Gasteiger partial charge on any atom is -0.323 e. The average molecular weight is 258 g/mol. The van der Waals surface area contributed by atoms with Crippen LogP contribution in [0.5, 0.6) is 0 Å². The van der Waals surface area contributed by atoms with Crippen molar-refractivity contribution in [3.05, 3.63) is 47.2 Å². The van der Waals surface area contributed by atoms with Crippen molar-refractivity contribution in [3.63, 3.8) is 0 Å². The van der Waals surface area contributed by atoms with Gasteiger partial charge in [0.2, 0.25) is 0 Å². The van der Waals surface area contributed by atoms with Gasteiger partial charge in [-0.15, -0.1) is 0 Å². The first-order valence-corrected chi connectivity index (χ1v) is 5.89. The van der Waals surface area contributed by atoms with Gasteiger partial charge in [0.25, 0.3) is 0 Å². The molecule has 1 atom stereocenters. The maximum absolute atomic E-state index is 12.4. The SMILES string of the molecule is CC(=O)C1=C(C)NC(=O)NC1C(=O)c1ccccc1. The molecule has 1 heterocycles. The van der Waals surface area contributed by atoms with Crippen molar-refractivity contribution < 1.29 is 14.4 Å². The van der Waals surface area contributed by atoms with Crippen molar-refractivity contribution in [2.45, 2.75) is 19.9 Å². The first-order chi connectivity index (χ1) is 9.00. The Morgan fingerprint density at radius 1 is 1.16 bits per heavy atom. The number of allylic oxidation sites excluding steroid dienone is 1. The summed E-state index contributed by atoms with van der Waals surface area (Å²) in [6, 6.07) is 7.18. The Morgan fingerprint density at radius 2 is 1.79 bits per heavy atom. The second kappa shape index (κ2) is 5.06. The number of hydrogen-bond acceptors (Lipinski definition) is 3. The fourth-order valence-corrected chi connectivity index (χ4v) is 2.13. The van der Waals surface area contributed by atoms with Crippen molar-refractivity contribution in [2.75, 3.05) is 0 Å². The molecule has 0 saturated heterocycles. The van der Waals surface area contributed by atoms with Crippen LogP contribution in [0.2, 0.25) is 0 Å². The zero-order valence-corrected chi connectivity index (χ0v) is 10.7. The van der Waals surface area contributed by atoms with E-state index < -0.39 is 12.1 Å². The van der Waals surface area contributed by atoms with E-state index in [4.69, 9.17) is 0 Å². The van der Waals surface area contributed by atoms with Gasteiger partial charge in [-0.25, -0.2) is 4.79 Å². The molecule has 0 saturated carbocycles. The summed E-state index contributed by atoms with van der Waals surface area (Å²) in [6.45, 7) is 2.99. The molecule has 0 spiro atoms. The highest BCUT2D eigenvalue weighted by Crippen LogP contribution is 2.17. The smallest absolute Gasteiger partial charge is 0.319 e. The minimum atomic E-state index is -0.923. The zero-order chi connectivity index (χ0) is 14.0. The van der Waals surface area contributed by atoms with Gasteiger partial charge in [0, 0.05) is 16.8 Å². The molecule has 1 unspecified atom stereocenters. The van der Waals surface area contributed by atoms with E-state index in [2.05, 4.69) is 10.6 Å². The number of benzene rings is 1. The number of rotatable bonds is 3. The highest BCUT2D eigenvalue weighted by molar-refractivity contribution is 6.12. The Balaban J connectivity index is 2.42. The highest BCUT2D eigenvalue weighted by Gasteiger charge is 2.33. The molecule has 2 amide bonds. The van der Waals surface area contributed by atoms with E-state index >= 15 is 0 Å². The predicted octanol–water partition coefficient (Wildman–Crippen LogP) is 1.41. The van der Waals surface area contributed by atoms with Crippen LogP contribution >= 0.6 is 0 Å². The molecule has 1 aliphatic rings. The van der Waals surface area contributed by atoms with E-state index in [-0.39, 0.29) is 11.6 Å². The largest absolute Gasteiger partial charge is 0.323 e. The summed E-state index contributed by atoms with van der Waals surface area (Å²) in [4.78, 5) is 35.5. The van der Waals surface area contributed by atoms with Gasteiger partial charge in [-0.05, 0) is 13.8 Å². The summed E-state index contributed by atoms with van der Waals surface area (Å²) < 4.78 is 0.